The van der Waals surface area contributed by atoms with Crippen molar-refractivity contribution in [2.75, 3.05) is 31.9 Å². The summed E-state index contributed by atoms with van der Waals surface area (Å²) in [5.74, 6) is 2.56. The van der Waals surface area contributed by atoms with Gasteiger partial charge in [0.1, 0.15) is 0 Å². The smallest absolute Gasteiger partial charge is 0.287 e. The molecule has 1 fully saturated rings. The van der Waals surface area contributed by atoms with Crippen LogP contribution in [0.15, 0.2) is 23.7 Å². The Balaban J connectivity index is 1.34. The normalized spacial score (nSPS) is 18.2. The van der Waals surface area contributed by atoms with Crippen LogP contribution in [0.4, 0.5) is 0 Å². The van der Waals surface area contributed by atoms with Gasteiger partial charge in [-0.3, -0.25) is 15.0 Å². The number of hydrogen-bond donors (Lipinski definition) is 2. The van der Waals surface area contributed by atoms with Gasteiger partial charge in [0.2, 0.25) is 0 Å². The highest BCUT2D eigenvalue weighted by atomic mass is 32.2. The molecule has 0 bridgehead atoms. The number of nitrogens with one attached hydrogen (secondary N) is 2. The van der Waals surface area contributed by atoms with E-state index in [1.807, 2.05) is 23.1 Å². The first-order valence-corrected chi connectivity index (χ1v) is 10.4. The summed E-state index contributed by atoms with van der Waals surface area (Å²) in [6.45, 7) is 4.98. The first-order valence-electron chi connectivity index (χ1n) is 8.45. The van der Waals surface area contributed by atoms with Crippen molar-refractivity contribution in [2.45, 2.75) is 31.6 Å². The molecule has 0 atom stereocenters. The predicted octanol–water partition coefficient (Wildman–Crippen LogP) is 2.61. The van der Waals surface area contributed by atoms with Crippen LogP contribution in [0, 0.1) is 10.1 Å². The lowest BCUT2D eigenvalue weighted by atomic mass is 10.4. The van der Waals surface area contributed by atoms with Crippen LogP contribution in [0.5, 0.6) is 0 Å². The number of hydrogen-bond acceptors (Lipinski definition) is 7. The Morgan fingerprint density at radius 2 is 2.12 bits per heavy atom. The summed E-state index contributed by atoms with van der Waals surface area (Å²) in [5.41, 5.74) is 0.282. The van der Waals surface area contributed by atoms with Crippen LogP contribution in [0.3, 0.4) is 0 Å². The topological polar surface area (TPSA) is 70.4 Å². The average Bonchev–Trinajstić information content (AvgIpc) is 3.29. The van der Waals surface area contributed by atoms with Gasteiger partial charge in [0.15, 0.2) is 5.82 Å². The molecular formula is C16H24N4O2S2. The molecule has 1 saturated heterocycles. The molecule has 132 valence electrons. The molecule has 0 radical (unpaired) electrons. The van der Waals surface area contributed by atoms with Gasteiger partial charge in [-0.05, 0) is 38.1 Å². The third kappa shape index (κ3) is 4.87. The van der Waals surface area contributed by atoms with Crippen LogP contribution in [-0.2, 0) is 12.3 Å². The SMILES string of the molecule is O=[N+]([O-])C1=C(NCCSCc2ccc(CN3CCCC3)s2)NCC1. The van der Waals surface area contributed by atoms with E-state index in [0.29, 0.717) is 18.8 Å². The molecule has 24 heavy (non-hydrogen) atoms. The zero-order valence-corrected chi connectivity index (χ0v) is 15.4. The van der Waals surface area contributed by atoms with E-state index in [1.54, 1.807) is 0 Å². The Hall–Kier alpha value is -1.25. The molecule has 0 unspecified atom stereocenters. The van der Waals surface area contributed by atoms with Crippen LogP contribution < -0.4 is 10.6 Å². The van der Waals surface area contributed by atoms with E-state index in [9.17, 15) is 10.1 Å². The Kier molecular flexibility index (Phi) is 6.39. The monoisotopic (exact) mass is 368 g/mol. The summed E-state index contributed by atoms with van der Waals surface area (Å²) >= 11 is 3.78. The summed E-state index contributed by atoms with van der Waals surface area (Å²) in [7, 11) is 0. The van der Waals surface area contributed by atoms with Gasteiger partial charge in [-0.2, -0.15) is 11.8 Å². The van der Waals surface area contributed by atoms with E-state index in [4.69, 9.17) is 0 Å². The maximum absolute atomic E-state index is 10.9. The van der Waals surface area contributed by atoms with Gasteiger partial charge in [0.25, 0.3) is 5.70 Å². The summed E-state index contributed by atoms with van der Waals surface area (Å²) in [6.07, 6.45) is 3.17. The molecule has 0 aromatic carbocycles. The Morgan fingerprint density at radius 3 is 2.92 bits per heavy atom. The summed E-state index contributed by atoms with van der Waals surface area (Å²) in [5, 5.41) is 17.1. The number of nitro groups is 1. The second kappa shape index (κ2) is 8.73. The van der Waals surface area contributed by atoms with Gasteiger partial charge in [-0.1, -0.05) is 0 Å². The van der Waals surface area contributed by atoms with Crippen molar-refractivity contribution < 1.29 is 4.92 Å². The lowest BCUT2D eigenvalue weighted by molar-refractivity contribution is -0.427. The van der Waals surface area contributed by atoms with Gasteiger partial charge < -0.3 is 10.6 Å². The van der Waals surface area contributed by atoms with Gasteiger partial charge in [-0.15, -0.1) is 11.3 Å². The summed E-state index contributed by atoms with van der Waals surface area (Å²) < 4.78 is 0. The van der Waals surface area contributed by atoms with Crippen molar-refractivity contribution in [1.29, 1.82) is 0 Å². The second-order valence-electron chi connectivity index (χ2n) is 6.09. The second-order valence-corrected chi connectivity index (χ2v) is 8.44. The highest BCUT2D eigenvalue weighted by molar-refractivity contribution is 7.98. The number of likely N-dealkylation sites (tertiary alicyclic amines) is 1. The molecule has 8 heteroatoms. The van der Waals surface area contributed by atoms with Gasteiger partial charge in [0, 0.05) is 40.9 Å². The van der Waals surface area contributed by atoms with E-state index in [2.05, 4.69) is 27.7 Å². The zero-order chi connectivity index (χ0) is 16.8. The fourth-order valence-corrected chi connectivity index (χ4v) is 5.08. The van der Waals surface area contributed by atoms with Crippen LogP contribution in [0.2, 0.25) is 0 Å². The van der Waals surface area contributed by atoms with Crippen molar-refractivity contribution in [3.05, 3.63) is 43.5 Å². The minimum Gasteiger partial charge on any atom is -0.366 e. The van der Waals surface area contributed by atoms with Crippen molar-refractivity contribution in [1.82, 2.24) is 15.5 Å². The highest BCUT2D eigenvalue weighted by Crippen LogP contribution is 2.24. The van der Waals surface area contributed by atoms with Crippen LogP contribution in [0.25, 0.3) is 0 Å². The highest BCUT2D eigenvalue weighted by Gasteiger charge is 2.23. The third-order valence-corrected chi connectivity index (χ3v) is 6.52. The first-order chi connectivity index (χ1) is 11.7. The molecule has 0 amide bonds. The molecule has 1 aromatic heterocycles. The average molecular weight is 369 g/mol. The molecule has 2 aliphatic rings. The van der Waals surface area contributed by atoms with Gasteiger partial charge in [0.05, 0.1) is 11.3 Å². The molecular weight excluding hydrogens is 344 g/mol. The maximum atomic E-state index is 10.9. The van der Waals surface area contributed by atoms with Gasteiger partial charge >= 0.3 is 0 Å². The molecule has 3 rings (SSSR count). The van der Waals surface area contributed by atoms with Crippen molar-refractivity contribution in [3.8, 4) is 0 Å². The van der Waals surface area contributed by atoms with E-state index >= 15 is 0 Å². The Morgan fingerprint density at radius 1 is 1.33 bits per heavy atom. The van der Waals surface area contributed by atoms with E-state index in [0.717, 1.165) is 24.6 Å². The fraction of sp³-hybridized carbons (Fsp3) is 0.625. The molecule has 2 aliphatic heterocycles. The van der Waals surface area contributed by atoms with Crippen molar-refractivity contribution >= 4 is 23.1 Å². The number of nitrogens with zero attached hydrogens (tertiary/aromatic N) is 2. The third-order valence-electron chi connectivity index (χ3n) is 4.26. The molecule has 0 spiro atoms. The van der Waals surface area contributed by atoms with Crippen LogP contribution in [0.1, 0.15) is 29.0 Å². The Labute approximate surface area is 150 Å². The molecule has 0 saturated carbocycles. The van der Waals surface area contributed by atoms with Gasteiger partial charge in [-0.25, -0.2) is 0 Å². The molecule has 1 aromatic rings. The van der Waals surface area contributed by atoms with E-state index < -0.39 is 0 Å². The maximum Gasteiger partial charge on any atom is 0.287 e. The number of thioether (sulfide) groups is 1. The lowest BCUT2D eigenvalue weighted by Crippen LogP contribution is -2.26. The zero-order valence-electron chi connectivity index (χ0n) is 13.8. The van der Waals surface area contributed by atoms with Crippen LogP contribution >= 0.6 is 23.1 Å². The minimum absolute atomic E-state index is 0.282. The quantitative estimate of drug-likeness (QED) is 0.397. The molecule has 3 heterocycles. The molecule has 6 nitrogen and oxygen atoms in total. The first kappa shape index (κ1) is 17.6. The summed E-state index contributed by atoms with van der Waals surface area (Å²) in [4.78, 5) is 16.0. The predicted molar refractivity (Wildman–Crippen MR) is 99.6 cm³/mol. The van der Waals surface area contributed by atoms with Crippen molar-refractivity contribution in [2.24, 2.45) is 0 Å². The lowest BCUT2D eigenvalue weighted by Gasteiger charge is -2.12. The van der Waals surface area contributed by atoms with Crippen molar-refractivity contribution in [3.63, 3.8) is 0 Å². The minimum atomic E-state index is -0.289. The largest absolute Gasteiger partial charge is 0.366 e. The number of rotatable bonds is 9. The Bertz CT molecular complexity index is 597. The fourth-order valence-electron chi connectivity index (χ4n) is 3.05. The molecule has 0 aliphatic carbocycles. The van der Waals surface area contributed by atoms with Crippen LogP contribution in [-0.4, -0.2) is 41.8 Å². The van der Waals surface area contributed by atoms with E-state index in [1.165, 1.54) is 35.7 Å². The summed E-state index contributed by atoms with van der Waals surface area (Å²) in [6, 6.07) is 4.50. The standard InChI is InChI=1S/C16H24N4O2S2/c21-20(22)15-5-6-17-16(15)18-7-10-23-12-14-4-3-13(24-14)11-19-8-1-2-9-19/h3-4,17-18H,1-2,5-12H2. The molecule has 2 N–H and O–H groups in total. The number of thiophene rings is 1. The van der Waals surface area contributed by atoms with E-state index in [-0.39, 0.29) is 10.6 Å².